The summed E-state index contributed by atoms with van der Waals surface area (Å²) in [5.41, 5.74) is 6.09. The Morgan fingerprint density at radius 2 is 2.33 bits per heavy atom. The lowest BCUT2D eigenvalue weighted by atomic mass is 10.2. The van der Waals surface area contributed by atoms with Crippen molar-refractivity contribution in [3.05, 3.63) is 20.8 Å². The van der Waals surface area contributed by atoms with E-state index in [-0.39, 0.29) is 6.04 Å². The predicted octanol–water partition coefficient (Wildman–Crippen LogP) is 3.91. The summed E-state index contributed by atoms with van der Waals surface area (Å²) in [4.78, 5) is 1.37. The third kappa shape index (κ3) is 5.38. The van der Waals surface area contributed by atoms with Crippen molar-refractivity contribution in [2.75, 3.05) is 5.75 Å². The monoisotopic (exact) mass is 307 g/mol. The maximum Gasteiger partial charge on any atom is 0.0285 e. The van der Waals surface area contributed by atoms with E-state index in [4.69, 9.17) is 5.73 Å². The second kappa shape index (κ2) is 6.94. The molecule has 0 aromatic carbocycles. The van der Waals surface area contributed by atoms with Crippen LogP contribution in [-0.2, 0) is 6.42 Å². The van der Waals surface area contributed by atoms with Gasteiger partial charge in [0.1, 0.15) is 0 Å². The van der Waals surface area contributed by atoms with Crippen molar-refractivity contribution in [2.24, 2.45) is 5.73 Å². The van der Waals surface area contributed by atoms with Gasteiger partial charge in [0.05, 0.1) is 0 Å². The van der Waals surface area contributed by atoms with Crippen LogP contribution in [0.4, 0.5) is 0 Å². The molecule has 1 aromatic heterocycles. The predicted molar refractivity (Wildman–Crippen MR) is 75.9 cm³/mol. The Labute approximate surface area is 109 Å². The van der Waals surface area contributed by atoms with Crippen molar-refractivity contribution in [3.8, 4) is 0 Å². The quantitative estimate of drug-likeness (QED) is 0.862. The Hall–Kier alpha value is 0.490. The van der Waals surface area contributed by atoms with E-state index in [9.17, 15) is 0 Å². The van der Waals surface area contributed by atoms with Gasteiger partial charge in [-0.15, -0.1) is 11.3 Å². The minimum atomic E-state index is 0.287. The Kier molecular flexibility index (Phi) is 6.27. The molecular formula is C11H18BrNS2. The van der Waals surface area contributed by atoms with Gasteiger partial charge in [-0.2, -0.15) is 11.8 Å². The largest absolute Gasteiger partial charge is 0.327 e. The molecule has 0 aliphatic heterocycles. The molecular weight excluding hydrogens is 290 g/mol. The lowest BCUT2D eigenvalue weighted by molar-refractivity contribution is 0.753. The zero-order valence-corrected chi connectivity index (χ0v) is 12.4. The maximum atomic E-state index is 6.09. The summed E-state index contributed by atoms with van der Waals surface area (Å²) in [6.45, 7) is 4.48. The zero-order valence-electron chi connectivity index (χ0n) is 9.20. The summed E-state index contributed by atoms with van der Waals surface area (Å²) in [6.07, 6.45) is 2.22. The summed E-state index contributed by atoms with van der Waals surface area (Å²) in [5.74, 6) is 1.06. The molecule has 1 heterocycles. The molecule has 1 rings (SSSR count). The third-order valence-corrected chi connectivity index (χ3v) is 5.50. The summed E-state index contributed by atoms with van der Waals surface area (Å²) in [6, 6.07) is 2.45. The van der Waals surface area contributed by atoms with E-state index in [1.165, 1.54) is 15.8 Å². The highest BCUT2D eigenvalue weighted by Crippen LogP contribution is 2.22. The molecule has 0 radical (unpaired) electrons. The van der Waals surface area contributed by atoms with Crippen LogP contribution >= 0.6 is 39.0 Å². The molecule has 0 amide bonds. The molecule has 15 heavy (non-hydrogen) atoms. The molecule has 0 aliphatic carbocycles. The van der Waals surface area contributed by atoms with Gasteiger partial charge in [-0.3, -0.25) is 0 Å². The van der Waals surface area contributed by atoms with Gasteiger partial charge in [0.2, 0.25) is 0 Å². The second-order valence-electron chi connectivity index (χ2n) is 3.75. The summed E-state index contributed by atoms with van der Waals surface area (Å²) >= 11 is 7.22. The van der Waals surface area contributed by atoms with Crippen LogP contribution in [0.15, 0.2) is 15.9 Å². The first-order chi connectivity index (χ1) is 7.11. The van der Waals surface area contributed by atoms with Gasteiger partial charge < -0.3 is 5.73 Å². The van der Waals surface area contributed by atoms with Gasteiger partial charge in [-0.1, -0.05) is 13.8 Å². The van der Waals surface area contributed by atoms with Gasteiger partial charge >= 0.3 is 0 Å². The van der Waals surface area contributed by atoms with E-state index < -0.39 is 0 Å². The van der Waals surface area contributed by atoms with Crippen LogP contribution in [0.1, 0.15) is 25.1 Å². The highest BCUT2D eigenvalue weighted by molar-refractivity contribution is 9.10. The maximum absolute atomic E-state index is 6.09. The van der Waals surface area contributed by atoms with E-state index in [0.29, 0.717) is 0 Å². The molecule has 1 nitrogen and oxygen atoms in total. The summed E-state index contributed by atoms with van der Waals surface area (Å²) < 4.78 is 1.17. The van der Waals surface area contributed by atoms with Gasteiger partial charge in [0.15, 0.2) is 0 Å². The van der Waals surface area contributed by atoms with Crippen LogP contribution in [-0.4, -0.2) is 17.0 Å². The standard InChI is InChI=1S/C11H18BrNS2/c1-3-8(2)14-7-10(13)5-11-4-9(12)6-15-11/h4,6,8,10H,3,5,7,13H2,1-2H3. The average molecular weight is 308 g/mol. The number of thiophene rings is 1. The van der Waals surface area contributed by atoms with Crippen molar-refractivity contribution in [3.63, 3.8) is 0 Å². The smallest absolute Gasteiger partial charge is 0.0285 e. The Bertz CT molecular complexity index is 288. The number of rotatable bonds is 6. The lowest BCUT2D eigenvalue weighted by Gasteiger charge is -2.13. The van der Waals surface area contributed by atoms with Gasteiger partial charge in [-0.05, 0) is 34.8 Å². The lowest BCUT2D eigenvalue weighted by Crippen LogP contribution is -2.26. The van der Waals surface area contributed by atoms with Crippen LogP contribution < -0.4 is 5.73 Å². The second-order valence-corrected chi connectivity index (χ2v) is 7.13. The zero-order chi connectivity index (χ0) is 11.3. The topological polar surface area (TPSA) is 26.0 Å². The highest BCUT2D eigenvalue weighted by atomic mass is 79.9. The molecule has 4 heteroatoms. The van der Waals surface area contributed by atoms with Crippen molar-refractivity contribution in [1.29, 1.82) is 0 Å². The van der Waals surface area contributed by atoms with Crippen LogP contribution in [0.2, 0.25) is 0 Å². The molecule has 0 fully saturated rings. The first kappa shape index (κ1) is 13.6. The van der Waals surface area contributed by atoms with Crippen LogP contribution in [0, 0.1) is 0 Å². The Morgan fingerprint density at radius 1 is 1.60 bits per heavy atom. The number of nitrogens with two attached hydrogens (primary N) is 1. The molecule has 0 aliphatic rings. The van der Waals surface area contributed by atoms with Gasteiger partial charge in [0, 0.05) is 31.8 Å². The third-order valence-electron chi connectivity index (χ3n) is 2.25. The van der Waals surface area contributed by atoms with Gasteiger partial charge in [0.25, 0.3) is 0 Å². The first-order valence-electron chi connectivity index (χ1n) is 5.22. The number of thioether (sulfide) groups is 1. The summed E-state index contributed by atoms with van der Waals surface area (Å²) in [7, 11) is 0. The number of halogens is 1. The molecule has 2 atom stereocenters. The fraction of sp³-hybridized carbons (Fsp3) is 0.636. The molecule has 1 aromatic rings. The molecule has 0 saturated carbocycles. The van der Waals surface area contributed by atoms with Crippen LogP contribution in [0.25, 0.3) is 0 Å². The minimum absolute atomic E-state index is 0.287. The van der Waals surface area contributed by atoms with E-state index in [1.807, 2.05) is 11.8 Å². The van der Waals surface area contributed by atoms with Crippen LogP contribution in [0.5, 0.6) is 0 Å². The normalized spacial score (nSPS) is 15.2. The Balaban J connectivity index is 2.27. The summed E-state index contributed by atoms with van der Waals surface area (Å²) in [5, 5.41) is 2.84. The van der Waals surface area contributed by atoms with E-state index in [0.717, 1.165) is 17.4 Å². The number of hydrogen-bond donors (Lipinski definition) is 1. The van der Waals surface area contributed by atoms with Crippen molar-refractivity contribution < 1.29 is 0 Å². The van der Waals surface area contributed by atoms with E-state index >= 15 is 0 Å². The van der Waals surface area contributed by atoms with Gasteiger partial charge in [-0.25, -0.2) is 0 Å². The van der Waals surface area contributed by atoms with Crippen molar-refractivity contribution in [1.82, 2.24) is 0 Å². The highest BCUT2D eigenvalue weighted by Gasteiger charge is 2.08. The molecule has 86 valence electrons. The minimum Gasteiger partial charge on any atom is -0.327 e. The Morgan fingerprint density at radius 3 is 2.87 bits per heavy atom. The molecule has 2 unspecified atom stereocenters. The first-order valence-corrected chi connectivity index (χ1v) is 7.94. The molecule has 0 bridgehead atoms. The fourth-order valence-electron chi connectivity index (χ4n) is 1.18. The van der Waals surface area contributed by atoms with E-state index in [2.05, 4.69) is 41.2 Å². The number of hydrogen-bond acceptors (Lipinski definition) is 3. The molecule has 0 spiro atoms. The molecule has 0 saturated heterocycles. The van der Waals surface area contributed by atoms with Crippen LogP contribution in [0.3, 0.4) is 0 Å². The van der Waals surface area contributed by atoms with Crippen molar-refractivity contribution >= 4 is 39.0 Å². The molecule has 2 N–H and O–H groups in total. The SMILES string of the molecule is CCC(C)SCC(N)Cc1cc(Br)cs1. The average Bonchev–Trinajstić information content (AvgIpc) is 2.60. The van der Waals surface area contributed by atoms with Crippen molar-refractivity contribution in [2.45, 2.75) is 38.0 Å². The fourth-order valence-corrected chi connectivity index (χ4v) is 3.66. The van der Waals surface area contributed by atoms with E-state index in [1.54, 1.807) is 11.3 Å².